The highest BCUT2D eigenvalue weighted by molar-refractivity contribution is 6.17. The van der Waals surface area contributed by atoms with Crippen LogP contribution in [-0.4, -0.2) is 33.4 Å². The molecule has 0 saturated carbocycles. The van der Waals surface area contributed by atoms with Crippen LogP contribution in [0.2, 0.25) is 0 Å². The molecule has 1 atom stereocenters. The normalized spacial score (nSPS) is 18.5. The van der Waals surface area contributed by atoms with Crippen molar-refractivity contribution in [2.75, 3.05) is 19.0 Å². The topological polar surface area (TPSA) is 21.1 Å². The van der Waals surface area contributed by atoms with Crippen LogP contribution in [0.4, 0.5) is 0 Å². The van der Waals surface area contributed by atoms with Crippen LogP contribution >= 0.6 is 11.6 Å². The second-order valence-electron chi connectivity index (χ2n) is 7.35. The minimum atomic E-state index is 0.470. The molecule has 0 bridgehead atoms. The lowest BCUT2D eigenvalue weighted by atomic mass is 10.0. The Hall–Kier alpha value is -1.84. The second kappa shape index (κ2) is 7.81. The number of aryl methyl sites for hydroxylation is 2. The van der Waals surface area contributed by atoms with Crippen LogP contribution in [0.3, 0.4) is 0 Å². The molecule has 4 rings (SSSR count). The van der Waals surface area contributed by atoms with Gasteiger partial charge in [-0.3, -0.25) is 4.90 Å². The summed E-state index contributed by atoms with van der Waals surface area (Å²) in [6.07, 6.45) is 3.26. The molecule has 0 N–H and O–H groups in total. The standard InChI is InChI=1S/C22H26ClN3/c1-17-9-10-20-21(14-17)26(22(24-20)11-12-23)19-8-5-13-25(16-19)15-18-6-3-2-4-7-18/h2-4,6-7,9-10,14,19H,5,8,11-13,15-16H2,1H3. The Balaban J connectivity index is 1.63. The van der Waals surface area contributed by atoms with Crippen molar-refractivity contribution in [2.45, 2.75) is 38.8 Å². The molecule has 1 unspecified atom stereocenters. The highest BCUT2D eigenvalue weighted by Gasteiger charge is 2.25. The lowest BCUT2D eigenvalue weighted by molar-refractivity contribution is 0.170. The van der Waals surface area contributed by atoms with E-state index in [-0.39, 0.29) is 0 Å². The summed E-state index contributed by atoms with van der Waals surface area (Å²) >= 11 is 6.08. The van der Waals surface area contributed by atoms with E-state index in [0.29, 0.717) is 11.9 Å². The summed E-state index contributed by atoms with van der Waals surface area (Å²) in [7, 11) is 0. The molecule has 0 aliphatic carbocycles. The van der Waals surface area contributed by atoms with Crippen LogP contribution in [-0.2, 0) is 13.0 Å². The van der Waals surface area contributed by atoms with Crippen molar-refractivity contribution in [3.05, 3.63) is 65.5 Å². The van der Waals surface area contributed by atoms with E-state index >= 15 is 0 Å². The highest BCUT2D eigenvalue weighted by Crippen LogP contribution is 2.29. The monoisotopic (exact) mass is 367 g/mol. The number of aromatic nitrogens is 2. The van der Waals surface area contributed by atoms with E-state index in [0.717, 1.165) is 30.9 Å². The number of benzene rings is 2. The molecular weight excluding hydrogens is 342 g/mol. The zero-order chi connectivity index (χ0) is 17.9. The van der Waals surface area contributed by atoms with E-state index in [4.69, 9.17) is 16.6 Å². The van der Waals surface area contributed by atoms with Gasteiger partial charge in [-0.25, -0.2) is 4.98 Å². The first-order chi connectivity index (χ1) is 12.7. The van der Waals surface area contributed by atoms with E-state index in [1.807, 2.05) is 0 Å². The lowest BCUT2D eigenvalue weighted by Gasteiger charge is -2.34. The summed E-state index contributed by atoms with van der Waals surface area (Å²) in [5.41, 5.74) is 5.03. The van der Waals surface area contributed by atoms with Gasteiger partial charge in [0.1, 0.15) is 5.82 Å². The number of alkyl halides is 1. The molecule has 3 aromatic rings. The SMILES string of the molecule is Cc1ccc2nc(CCCl)n(C3CCCN(Cc4ccccc4)C3)c2c1. The molecular formula is C22H26ClN3. The van der Waals surface area contributed by atoms with E-state index < -0.39 is 0 Å². The largest absolute Gasteiger partial charge is 0.324 e. The number of hydrogen-bond acceptors (Lipinski definition) is 2. The zero-order valence-electron chi connectivity index (χ0n) is 15.4. The Kier molecular flexibility index (Phi) is 5.28. The molecule has 26 heavy (non-hydrogen) atoms. The van der Waals surface area contributed by atoms with E-state index in [2.05, 4.69) is 64.9 Å². The van der Waals surface area contributed by atoms with E-state index in [1.165, 1.54) is 36.0 Å². The molecule has 1 aliphatic heterocycles. The molecule has 1 fully saturated rings. The Labute approximate surface area is 160 Å². The third-order valence-corrected chi connectivity index (χ3v) is 5.52. The fourth-order valence-electron chi connectivity index (χ4n) is 4.15. The van der Waals surface area contributed by atoms with Gasteiger partial charge in [-0.05, 0) is 49.6 Å². The van der Waals surface area contributed by atoms with Crippen LogP contribution < -0.4 is 0 Å². The molecule has 2 aromatic carbocycles. The molecule has 3 nitrogen and oxygen atoms in total. The first-order valence-corrected chi connectivity index (χ1v) is 10.1. The van der Waals surface area contributed by atoms with Crippen molar-refractivity contribution in [3.63, 3.8) is 0 Å². The van der Waals surface area contributed by atoms with Gasteiger partial charge in [-0.15, -0.1) is 11.6 Å². The van der Waals surface area contributed by atoms with Crippen LogP contribution in [0.25, 0.3) is 11.0 Å². The molecule has 4 heteroatoms. The number of likely N-dealkylation sites (tertiary alicyclic amines) is 1. The maximum atomic E-state index is 6.08. The molecule has 0 radical (unpaired) electrons. The molecule has 1 saturated heterocycles. The Bertz CT molecular complexity index is 872. The maximum Gasteiger partial charge on any atom is 0.111 e. The maximum absolute atomic E-state index is 6.08. The number of imidazole rings is 1. The number of hydrogen-bond donors (Lipinski definition) is 0. The summed E-state index contributed by atoms with van der Waals surface area (Å²) in [5.74, 6) is 1.75. The lowest BCUT2D eigenvalue weighted by Crippen LogP contribution is -2.36. The predicted octanol–water partition coefficient (Wildman–Crippen LogP) is 4.96. The second-order valence-corrected chi connectivity index (χ2v) is 7.72. The molecule has 0 amide bonds. The smallest absolute Gasteiger partial charge is 0.111 e. The van der Waals surface area contributed by atoms with Gasteiger partial charge in [0.15, 0.2) is 0 Å². The highest BCUT2D eigenvalue weighted by atomic mass is 35.5. The summed E-state index contributed by atoms with van der Waals surface area (Å²) in [6, 6.07) is 17.8. The van der Waals surface area contributed by atoms with Crippen molar-refractivity contribution < 1.29 is 0 Å². The quantitative estimate of drug-likeness (QED) is 0.594. The van der Waals surface area contributed by atoms with Crippen LogP contribution in [0.1, 0.15) is 35.8 Å². The van der Waals surface area contributed by atoms with Gasteiger partial charge in [0.05, 0.1) is 11.0 Å². The molecule has 0 spiro atoms. The molecule has 2 heterocycles. The molecule has 1 aliphatic rings. The van der Waals surface area contributed by atoms with Crippen LogP contribution in [0, 0.1) is 6.92 Å². The van der Waals surface area contributed by atoms with Crippen LogP contribution in [0.5, 0.6) is 0 Å². The Morgan fingerprint density at radius 2 is 2.00 bits per heavy atom. The first-order valence-electron chi connectivity index (χ1n) is 9.54. The Morgan fingerprint density at radius 1 is 1.15 bits per heavy atom. The first kappa shape index (κ1) is 17.6. The van der Waals surface area contributed by atoms with Gasteiger partial charge < -0.3 is 4.57 Å². The number of fused-ring (bicyclic) bond motifs is 1. The fraction of sp³-hybridized carbons (Fsp3) is 0.409. The van der Waals surface area contributed by atoms with E-state index in [9.17, 15) is 0 Å². The Morgan fingerprint density at radius 3 is 2.81 bits per heavy atom. The summed E-state index contributed by atoms with van der Waals surface area (Å²) in [5, 5.41) is 0. The van der Waals surface area contributed by atoms with Crippen molar-refractivity contribution in [1.29, 1.82) is 0 Å². The predicted molar refractivity (Wildman–Crippen MR) is 109 cm³/mol. The molecule has 136 valence electrons. The van der Waals surface area contributed by atoms with Crippen molar-refractivity contribution in [2.24, 2.45) is 0 Å². The van der Waals surface area contributed by atoms with E-state index in [1.54, 1.807) is 0 Å². The van der Waals surface area contributed by atoms with Crippen molar-refractivity contribution in [1.82, 2.24) is 14.5 Å². The number of piperidine rings is 1. The number of rotatable bonds is 5. The van der Waals surface area contributed by atoms with Gasteiger partial charge >= 0.3 is 0 Å². The average molecular weight is 368 g/mol. The van der Waals surface area contributed by atoms with Gasteiger partial charge in [0.25, 0.3) is 0 Å². The van der Waals surface area contributed by atoms with Crippen molar-refractivity contribution >= 4 is 22.6 Å². The summed E-state index contributed by atoms with van der Waals surface area (Å²) < 4.78 is 2.47. The molecule has 1 aromatic heterocycles. The van der Waals surface area contributed by atoms with Crippen LogP contribution in [0.15, 0.2) is 48.5 Å². The summed E-state index contributed by atoms with van der Waals surface area (Å²) in [6.45, 7) is 5.42. The minimum Gasteiger partial charge on any atom is -0.324 e. The van der Waals surface area contributed by atoms with Crippen molar-refractivity contribution in [3.8, 4) is 0 Å². The van der Waals surface area contributed by atoms with Gasteiger partial charge in [0, 0.05) is 31.4 Å². The van der Waals surface area contributed by atoms with Gasteiger partial charge in [-0.2, -0.15) is 0 Å². The third kappa shape index (κ3) is 3.65. The van der Waals surface area contributed by atoms with Gasteiger partial charge in [0.2, 0.25) is 0 Å². The zero-order valence-corrected chi connectivity index (χ0v) is 16.1. The number of halogens is 1. The third-order valence-electron chi connectivity index (χ3n) is 5.33. The van der Waals surface area contributed by atoms with Gasteiger partial charge in [-0.1, -0.05) is 36.4 Å². The number of nitrogens with zero attached hydrogens (tertiary/aromatic N) is 3. The minimum absolute atomic E-state index is 0.470. The fourth-order valence-corrected chi connectivity index (χ4v) is 4.32. The average Bonchev–Trinajstić information content (AvgIpc) is 3.00. The summed E-state index contributed by atoms with van der Waals surface area (Å²) in [4.78, 5) is 7.47.